The van der Waals surface area contributed by atoms with E-state index >= 15 is 0 Å². The van der Waals surface area contributed by atoms with E-state index in [1.165, 1.54) is 4.31 Å². The molecule has 0 saturated carbocycles. The lowest BCUT2D eigenvalue weighted by atomic mass is 10.2. The first kappa shape index (κ1) is 16.9. The van der Waals surface area contributed by atoms with Crippen LogP contribution in [-0.2, 0) is 10.0 Å². The van der Waals surface area contributed by atoms with Crippen molar-refractivity contribution in [2.45, 2.75) is 25.2 Å². The highest BCUT2D eigenvalue weighted by atomic mass is 32.2. The Kier molecular flexibility index (Phi) is 5.98. The molecule has 0 saturated heterocycles. The molecule has 0 fully saturated rings. The Balaban J connectivity index is 2.91. The quantitative estimate of drug-likeness (QED) is 0.776. The van der Waals surface area contributed by atoms with Crippen LogP contribution < -0.4 is 5.73 Å². The van der Waals surface area contributed by atoms with Gasteiger partial charge in [-0.3, -0.25) is 0 Å². The molecule has 1 rings (SSSR count). The molecule has 6 heteroatoms. The minimum Gasteiger partial charge on any atom is -0.399 e. The van der Waals surface area contributed by atoms with Gasteiger partial charge in [0.1, 0.15) is 0 Å². The third-order valence-corrected chi connectivity index (χ3v) is 5.21. The summed E-state index contributed by atoms with van der Waals surface area (Å²) < 4.78 is 26.7. The molecule has 1 aromatic rings. The molecule has 0 unspecified atom stereocenters. The highest BCUT2D eigenvalue weighted by Gasteiger charge is 2.22. The number of nitrogens with zero attached hydrogens (tertiary/aromatic N) is 2. The predicted octanol–water partition coefficient (Wildman–Crippen LogP) is 1.54. The lowest BCUT2D eigenvalue weighted by Gasteiger charge is -2.21. The lowest BCUT2D eigenvalue weighted by Crippen LogP contribution is -2.33. The number of rotatable bonds is 7. The van der Waals surface area contributed by atoms with Gasteiger partial charge in [-0.1, -0.05) is 6.92 Å². The van der Waals surface area contributed by atoms with E-state index in [2.05, 4.69) is 0 Å². The second-order valence-electron chi connectivity index (χ2n) is 5.17. The van der Waals surface area contributed by atoms with Crippen LogP contribution in [0.25, 0.3) is 0 Å². The number of nitrogens with two attached hydrogens (primary N) is 1. The first-order valence-electron chi connectivity index (χ1n) is 6.80. The number of aryl methyl sites for hydroxylation is 1. The standard InChI is InChI=1S/C14H25N3O2S/c1-5-17(10-6-9-16(3)4)20(18,19)13-7-8-14(15)12(2)11-13/h7-8,11H,5-6,9-10,15H2,1-4H3. The first-order chi connectivity index (χ1) is 9.28. The van der Waals surface area contributed by atoms with Crippen LogP contribution in [0.5, 0.6) is 0 Å². The van der Waals surface area contributed by atoms with Crippen molar-refractivity contribution < 1.29 is 8.42 Å². The Bertz CT molecular complexity index is 541. The lowest BCUT2D eigenvalue weighted by molar-refractivity contribution is 0.356. The fourth-order valence-corrected chi connectivity index (χ4v) is 3.54. The molecule has 1 aromatic carbocycles. The summed E-state index contributed by atoms with van der Waals surface area (Å²) in [6.45, 7) is 5.54. The average Bonchev–Trinajstić information content (AvgIpc) is 2.37. The number of hydrogen-bond donors (Lipinski definition) is 1. The van der Waals surface area contributed by atoms with Gasteiger partial charge in [-0.05, 0) is 57.7 Å². The SMILES string of the molecule is CCN(CCCN(C)C)S(=O)(=O)c1ccc(N)c(C)c1. The fraction of sp³-hybridized carbons (Fsp3) is 0.571. The molecule has 0 aliphatic rings. The van der Waals surface area contributed by atoms with Gasteiger partial charge in [0, 0.05) is 18.8 Å². The van der Waals surface area contributed by atoms with E-state index in [4.69, 9.17) is 5.73 Å². The summed E-state index contributed by atoms with van der Waals surface area (Å²) in [5.41, 5.74) is 7.14. The molecule has 114 valence electrons. The minimum atomic E-state index is -3.43. The Hall–Kier alpha value is -1.11. The second kappa shape index (κ2) is 7.06. The number of nitrogen functional groups attached to an aromatic ring is 1. The molecule has 5 nitrogen and oxygen atoms in total. The zero-order chi connectivity index (χ0) is 15.3. The molecule has 2 N–H and O–H groups in total. The highest BCUT2D eigenvalue weighted by Crippen LogP contribution is 2.20. The molecule has 0 aliphatic heterocycles. The van der Waals surface area contributed by atoms with Crippen molar-refractivity contribution in [2.24, 2.45) is 0 Å². The highest BCUT2D eigenvalue weighted by molar-refractivity contribution is 7.89. The van der Waals surface area contributed by atoms with Gasteiger partial charge >= 0.3 is 0 Å². The molecule has 0 radical (unpaired) electrons. The van der Waals surface area contributed by atoms with Gasteiger partial charge < -0.3 is 10.6 Å². The molecule has 0 aliphatic carbocycles. The summed E-state index contributed by atoms with van der Waals surface area (Å²) in [5, 5.41) is 0. The normalized spacial score (nSPS) is 12.3. The molecule has 0 atom stereocenters. The van der Waals surface area contributed by atoms with Gasteiger partial charge in [-0.15, -0.1) is 0 Å². The summed E-state index contributed by atoms with van der Waals surface area (Å²) in [6.07, 6.45) is 0.814. The summed E-state index contributed by atoms with van der Waals surface area (Å²) in [6, 6.07) is 4.86. The number of anilines is 1. The zero-order valence-electron chi connectivity index (χ0n) is 12.8. The van der Waals surface area contributed by atoms with Crippen molar-refractivity contribution in [2.75, 3.05) is 39.5 Å². The van der Waals surface area contributed by atoms with E-state index in [-0.39, 0.29) is 0 Å². The van der Waals surface area contributed by atoms with E-state index in [0.717, 1.165) is 18.5 Å². The van der Waals surface area contributed by atoms with Crippen molar-refractivity contribution in [1.29, 1.82) is 0 Å². The van der Waals surface area contributed by atoms with Crippen molar-refractivity contribution in [3.63, 3.8) is 0 Å². The van der Waals surface area contributed by atoms with Crippen LogP contribution >= 0.6 is 0 Å². The van der Waals surface area contributed by atoms with Crippen LogP contribution in [0.2, 0.25) is 0 Å². The molecule has 0 amide bonds. The van der Waals surface area contributed by atoms with Crippen LogP contribution in [0.3, 0.4) is 0 Å². The average molecular weight is 299 g/mol. The van der Waals surface area contributed by atoms with E-state index in [1.807, 2.05) is 32.8 Å². The maximum Gasteiger partial charge on any atom is 0.243 e. The van der Waals surface area contributed by atoms with E-state index in [0.29, 0.717) is 23.7 Å². The van der Waals surface area contributed by atoms with Gasteiger partial charge in [0.2, 0.25) is 10.0 Å². The number of sulfonamides is 1. The zero-order valence-corrected chi connectivity index (χ0v) is 13.6. The second-order valence-corrected chi connectivity index (χ2v) is 7.11. The van der Waals surface area contributed by atoms with Gasteiger partial charge in [-0.2, -0.15) is 4.31 Å². The predicted molar refractivity (Wildman–Crippen MR) is 83.2 cm³/mol. The monoisotopic (exact) mass is 299 g/mol. The summed E-state index contributed by atoms with van der Waals surface area (Å²) in [5.74, 6) is 0. The van der Waals surface area contributed by atoms with Crippen LogP contribution in [0.15, 0.2) is 23.1 Å². The van der Waals surface area contributed by atoms with E-state index in [9.17, 15) is 8.42 Å². The largest absolute Gasteiger partial charge is 0.399 e. The molecule has 0 heterocycles. The summed E-state index contributed by atoms with van der Waals surface area (Å²) in [4.78, 5) is 2.37. The number of benzene rings is 1. The van der Waals surface area contributed by atoms with Gasteiger partial charge in [0.25, 0.3) is 0 Å². The van der Waals surface area contributed by atoms with Crippen LogP contribution in [0.1, 0.15) is 18.9 Å². The third-order valence-electron chi connectivity index (χ3n) is 3.24. The van der Waals surface area contributed by atoms with Crippen molar-refractivity contribution in [3.05, 3.63) is 23.8 Å². The molecule has 0 spiro atoms. The fourth-order valence-electron chi connectivity index (χ4n) is 1.97. The Labute approximate surface area is 122 Å². The smallest absolute Gasteiger partial charge is 0.243 e. The van der Waals surface area contributed by atoms with Crippen LogP contribution in [0, 0.1) is 6.92 Å². The summed E-state index contributed by atoms with van der Waals surface area (Å²) in [7, 11) is 0.531. The maximum absolute atomic E-state index is 12.6. The number of hydrogen-bond acceptors (Lipinski definition) is 4. The maximum atomic E-state index is 12.6. The molecule has 20 heavy (non-hydrogen) atoms. The molecule has 0 bridgehead atoms. The summed E-state index contributed by atoms with van der Waals surface area (Å²) >= 11 is 0. The van der Waals surface area contributed by atoms with Gasteiger partial charge in [0.15, 0.2) is 0 Å². The Morgan fingerprint density at radius 3 is 2.35 bits per heavy atom. The Morgan fingerprint density at radius 2 is 1.85 bits per heavy atom. The molecule has 0 aromatic heterocycles. The van der Waals surface area contributed by atoms with Gasteiger partial charge in [-0.25, -0.2) is 8.42 Å². The first-order valence-corrected chi connectivity index (χ1v) is 8.24. The van der Waals surface area contributed by atoms with Gasteiger partial charge in [0.05, 0.1) is 4.90 Å². The van der Waals surface area contributed by atoms with Crippen molar-refractivity contribution in [3.8, 4) is 0 Å². The molecular formula is C14H25N3O2S. The minimum absolute atomic E-state index is 0.316. The van der Waals surface area contributed by atoms with Crippen LogP contribution in [-0.4, -0.2) is 51.4 Å². The van der Waals surface area contributed by atoms with Crippen molar-refractivity contribution in [1.82, 2.24) is 9.21 Å². The van der Waals surface area contributed by atoms with E-state index in [1.54, 1.807) is 18.2 Å². The van der Waals surface area contributed by atoms with Crippen molar-refractivity contribution >= 4 is 15.7 Å². The van der Waals surface area contributed by atoms with Crippen LogP contribution in [0.4, 0.5) is 5.69 Å². The molecular weight excluding hydrogens is 274 g/mol. The van der Waals surface area contributed by atoms with E-state index < -0.39 is 10.0 Å². The topological polar surface area (TPSA) is 66.6 Å². The third kappa shape index (κ3) is 4.19. The Morgan fingerprint density at radius 1 is 1.20 bits per heavy atom.